The van der Waals surface area contributed by atoms with Gasteiger partial charge in [0.25, 0.3) is 0 Å². The molecule has 1 aromatic rings. The Balaban J connectivity index is 3.08. The Kier molecular flexibility index (Phi) is 2.95. The van der Waals surface area contributed by atoms with E-state index in [0.29, 0.717) is 5.56 Å². The maximum absolute atomic E-state index is 8.83. The van der Waals surface area contributed by atoms with E-state index in [-0.39, 0.29) is 5.41 Å². The number of nitrogens with zero attached hydrogens (tertiary/aromatic N) is 1. The molecule has 0 spiro atoms. The summed E-state index contributed by atoms with van der Waals surface area (Å²) in [5.74, 6) is 6.14. The molecule has 0 unspecified atom stereocenters. The van der Waals surface area contributed by atoms with Gasteiger partial charge in [-0.15, -0.1) is 0 Å². The molecule has 0 saturated carbocycles. The van der Waals surface area contributed by atoms with Gasteiger partial charge in [-0.2, -0.15) is 5.26 Å². The molecule has 1 aromatic carbocycles. The molecule has 0 amide bonds. The molecule has 0 aliphatic carbocycles. The molecule has 0 aromatic heterocycles. The van der Waals surface area contributed by atoms with Crippen molar-refractivity contribution in [3.8, 4) is 17.9 Å². The van der Waals surface area contributed by atoms with Crippen LogP contribution >= 0.6 is 0 Å². The van der Waals surface area contributed by atoms with Gasteiger partial charge in [0.05, 0.1) is 5.56 Å². The van der Waals surface area contributed by atoms with Crippen molar-refractivity contribution >= 4 is 0 Å². The fraction of sp³-hybridized carbons (Fsp3) is 0.308. The lowest BCUT2D eigenvalue weighted by molar-refractivity contribution is 0.571. The van der Waals surface area contributed by atoms with E-state index in [2.05, 4.69) is 38.7 Å². The van der Waals surface area contributed by atoms with E-state index in [4.69, 9.17) is 5.26 Å². The van der Waals surface area contributed by atoms with Crippen molar-refractivity contribution in [3.05, 3.63) is 35.4 Å². The van der Waals surface area contributed by atoms with Crippen molar-refractivity contribution in [3.63, 3.8) is 0 Å². The van der Waals surface area contributed by atoms with Crippen LogP contribution in [0.15, 0.2) is 24.3 Å². The highest BCUT2D eigenvalue weighted by molar-refractivity contribution is 5.48. The SMILES string of the molecule is CC(C)(C)C#Cc1ccccc1C#N. The molecule has 0 fully saturated rings. The molecule has 0 N–H and O–H groups in total. The van der Waals surface area contributed by atoms with Crippen LogP contribution in [0.2, 0.25) is 0 Å². The zero-order valence-electron chi connectivity index (χ0n) is 8.76. The van der Waals surface area contributed by atoms with E-state index >= 15 is 0 Å². The van der Waals surface area contributed by atoms with Gasteiger partial charge in [-0.25, -0.2) is 0 Å². The van der Waals surface area contributed by atoms with E-state index in [0.717, 1.165) is 5.56 Å². The van der Waals surface area contributed by atoms with Crippen molar-refractivity contribution in [2.45, 2.75) is 20.8 Å². The van der Waals surface area contributed by atoms with E-state index in [9.17, 15) is 0 Å². The second-order valence-electron chi connectivity index (χ2n) is 4.16. The Hall–Kier alpha value is -1.73. The Morgan fingerprint density at radius 2 is 1.64 bits per heavy atom. The minimum absolute atomic E-state index is 0.0252. The van der Waals surface area contributed by atoms with Gasteiger partial charge in [-0.05, 0) is 32.9 Å². The fourth-order valence-electron chi connectivity index (χ4n) is 0.944. The van der Waals surface area contributed by atoms with Crippen molar-refractivity contribution < 1.29 is 0 Å². The minimum atomic E-state index is -0.0252. The number of hydrogen-bond donors (Lipinski definition) is 0. The first-order valence-corrected chi connectivity index (χ1v) is 4.55. The van der Waals surface area contributed by atoms with Crippen LogP contribution < -0.4 is 0 Å². The van der Waals surface area contributed by atoms with Crippen LogP contribution in [0.1, 0.15) is 31.9 Å². The third-order valence-corrected chi connectivity index (χ3v) is 1.62. The van der Waals surface area contributed by atoms with E-state index in [1.807, 2.05) is 18.2 Å². The summed E-state index contributed by atoms with van der Waals surface area (Å²) in [4.78, 5) is 0. The average Bonchev–Trinajstić information content (AvgIpc) is 2.14. The number of benzene rings is 1. The second-order valence-corrected chi connectivity index (χ2v) is 4.16. The Bertz CT molecular complexity index is 419. The van der Waals surface area contributed by atoms with Gasteiger partial charge >= 0.3 is 0 Å². The third kappa shape index (κ3) is 2.96. The predicted octanol–water partition coefficient (Wildman–Crippen LogP) is 2.96. The van der Waals surface area contributed by atoms with Crippen molar-refractivity contribution in [2.75, 3.05) is 0 Å². The van der Waals surface area contributed by atoms with Gasteiger partial charge in [-0.1, -0.05) is 24.0 Å². The van der Waals surface area contributed by atoms with Crippen LogP contribution in [0.3, 0.4) is 0 Å². The average molecular weight is 183 g/mol. The number of nitriles is 1. The van der Waals surface area contributed by atoms with Crippen LogP contribution in [0.25, 0.3) is 0 Å². The molecule has 0 atom stereocenters. The maximum atomic E-state index is 8.83. The zero-order chi connectivity index (χ0) is 10.6. The van der Waals surface area contributed by atoms with Crippen LogP contribution in [0.5, 0.6) is 0 Å². The van der Waals surface area contributed by atoms with Crippen LogP contribution in [0, 0.1) is 28.6 Å². The van der Waals surface area contributed by atoms with E-state index < -0.39 is 0 Å². The monoisotopic (exact) mass is 183 g/mol. The number of rotatable bonds is 0. The molecule has 1 nitrogen and oxygen atoms in total. The van der Waals surface area contributed by atoms with Crippen LogP contribution in [0.4, 0.5) is 0 Å². The largest absolute Gasteiger partial charge is 0.192 e. The van der Waals surface area contributed by atoms with Gasteiger partial charge < -0.3 is 0 Å². The first-order chi connectivity index (χ1) is 6.53. The predicted molar refractivity (Wildman–Crippen MR) is 57.5 cm³/mol. The molecule has 0 radical (unpaired) electrons. The normalized spacial score (nSPS) is 9.86. The summed E-state index contributed by atoms with van der Waals surface area (Å²) in [6.07, 6.45) is 0. The van der Waals surface area contributed by atoms with Crippen molar-refractivity contribution in [1.82, 2.24) is 0 Å². The maximum Gasteiger partial charge on any atom is 0.100 e. The summed E-state index contributed by atoms with van der Waals surface area (Å²) in [5, 5.41) is 8.83. The van der Waals surface area contributed by atoms with E-state index in [1.54, 1.807) is 6.07 Å². The lowest BCUT2D eigenvalue weighted by Gasteiger charge is -2.06. The molecule has 1 rings (SSSR count). The molecular formula is C13H13N. The zero-order valence-corrected chi connectivity index (χ0v) is 8.76. The Labute approximate surface area is 85.4 Å². The van der Waals surface area contributed by atoms with Gasteiger partial charge in [-0.3, -0.25) is 0 Å². The summed E-state index contributed by atoms with van der Waals surface area (Å²) in [6, 6.07) is 9.53. The summed E-state index contributed by atoms with van der Waals surface area (Å²) < 4.78 is 0. The third-order valence-electron chi connectivity index (χ3n) is 1.62. The Morgan fingerprint density at radius 3 is 2.14 bits per heavy atom. The summed E-state index contributed by atoms with van der Waals surface area (Å²) in [7, 11) is 0. The Morgan fingerprint density at radius 1 is 1.07 bits per heavy atom. The van der Waals surface area contributed by atoms with E-state index in [1.165, 1.54) is 0 Å². The van der Waals surface area contributed by atoms with Crippen molar-refractivity contribution in [1.29, 1.82) is 5.26 Å². The highest BCUT2D eigenvalue weighted by Crippen LogP contribution is 2.12. The standard InChI is InChI=1S/C13H13N/c1-13(2,3)9-8-11-6-4-5-7-12(11)10-14/h4-7H,1-3H3. The molecule has 0 bridgehead atoms. The smallest absolute Gasteiger partial charge is 0.100 e. The van der Waals surface area contributed by atoms with Crippen LogP contribution in [-0.4, -0.2) is 0 Å². The lowest BCUT2D eigenvalue weighted by atomic mass is 9.97. The summed E-state index contributed by atoms with van der Waals surface area (Å²) in [6.45, 7) is 6.15. The van der Waals surface area contributed by atoms with Gasteiger partial charge in [0.1, 0.15) is 6.07 Å². The molecule has 0 heterocycles. The summed E-state index contributed by atoms with van der Waals surface area (Å²) in [5.41, 5.74) is 1.43. The quantitative estimate of drug-likeness (QED) is 0.567. The number of hydrogen-bond acceptors (Lipinski definition) is 1. The lowest BCUT2D eigenvalue weighted by Crippen LogP contribution is -1.99. The highest BCUT2D eigenvalue weighted by atomic mass is 14.2. The van der Waals surface area contributed by atoms with Gasteiger partial charge in [0.2, 0.25) is 0 Å². The van der Waals surface area contributed by atoms with Crippen molar-refractivity contribution in [2.24, 2.45) is 5.41 Å². The minimum Gasteiger partial charge on any atom is -0.192 e. The molecule has 70 valence electrons. The molecule has 14 heavy (non-hydrogen) atoms. The molecule has 1 heteroatoms. The second kappa shape index (κ2) is 3.99. The first kappa shape index (κ1) is 10.4. The fourth-order valence-corrected chi connectivity index (χ4v) is 0.944. The van der Waals surface area contributed by atoms with Crippen LogP contribution in [-0.2, 0) is 0 Å². The molecule has 0 aliphatic rings. The summed E-state index contributed by atoms with van der Waals surface area (Å²) >= 11 is 0. The molecular weight excluding hydrogens is 170 g/mol. The molecule has 0 saturated heterocycles. The van der Waals surface area contributed by atoms with Gasteiger partial charge in [0.15, 0.2) is 0 Å². The topological polar surface area (TPSA) is 23.8 Å². The van der Waals surface area contributed by atoms with Gasteiger partial charge in [0, 0.05) is 11.0 Å². The molecule has 0 aliphatic heterocycles. The first-order valence-electron chi connectivity index (χ1n) is 4.55. The highest BCUT2D eigenvalue weighted by Gasteiger charge is 2.04.